The number of esters is 1. The monoisotopic (exact) mass is 328 g/mol. The second-order valence-corrected chi connectivity index (χ2v) is 6.67. The first-order valence-electron chi connectivity index (χ1n) is 8.49. The molecule has 0 aliphatic carbocycles. The Bertz CT molecular complexity index is 364. The first-order valence-corrected chi connectivity index (χ1v) is 8.49. The highest BCUT2D eigenvalue weighted by Gasteiger charge is 2.24. The molecule has 0 aliphatic heterocycles. The van der Waals surface area contributed by atoms with Crippen LogP contribution in [0.2, 0.25) is 0 Å². The molecule has 0 heterocycles. The summed E-state index contributed by atoms with van der Waals surface area (Å²) in [5, 5.41) is 5.37. The van der Waals surface area contributed by atoms with Crippen molar-refractivity contribution in [3.8, 4) is 0 Å². The highest BCUT2D eigenvalue weighted by atomic mass is 16.6. The average Bonchev–Trinajstić information content (AvgIpc) is 2.44. The van der Waals surface area contributed by atoms with Crippen LogP contribution in [0.1, 0.15) is 72.6 Å². The standard InChI is InChI=1S/C17H32N2O4/c1-5-6-7-11-15(21)18-12-9-8-10-14(19-13-20)16(22)23-17(2,3)4/h13-14H,5-12H2,1-4H3,(H,18,21)(H,19,20). The van der Waals surface area contributed by atoms with Gasteiger partial charge in [-0.3, -0.25) is 9.59 Å². The van der Waals surface area contributed by atoms with Crippen molar-refractivity contribution in [1.82, 2.24) is 10.6 Å². The van der Waals surface area contributed by atoms with Gasteiger partial charge in [0.05, 0.1) is 0 Å². The summed E-state index contributed by atoms with van der Waals surface area (Å²) in [5.74, 6) is -0.346. The highest BCUT2D eigenvalue weighted by molar-refractivity contribution is 5.78. The van der Waals surface area contributed by atoms with Gasteiger partial charge in [-0.15, -0.1) is 0 Å². The summed E-state index contributed by atoms with van der Waals surface area (Å²) < 4.78 is 5.27. The third-order valence-corrected chi connectivity index (χ3v) is 3.21. The van der Waals surface area contributed by atoms with Crippen LogP contribution in [-0.4, -0.2) is 36.5 Å². The van der Waals surface area contributed by atoms with E-state index < -0.39 is 17.6 Å². The molecule has 0 aromatic rings. The molecule has 0 rings (SSSR count). The molecule has 1 atom stereocenters. The number of nitrogens with one attached hydrogen (secondary N) is 2. The maximum absolute atomic E-state index is 12.0. The summed E-state index contributed by atoms with van der Waals surface area (Å²) in [6.07, 6.45) is 6.17. The van der Waals surface area contributed by atoms with Gasteiger partial charge in [0.25, 0.3) is 0 Å². The molecule has 6 heteroatoms. The Balaban J connectivity index is 3.94. The summed E-state index contributed by atoms with van der Waals surface area (Å²) in [6, 6.07) is -0.632. The molecule has 0 saturated carbocycles. The Morgan fingerprint density at radius 1 is 1.13 bits per heavy atom. The second kappa shape index (κ2) is 11.9. The lowest BCUT2D eigenvalue weighted by Gasteiger charge is -2.23. The van der Waals surface area contributed by atoms with E-state index in [0.717, 1.165) is 32.1 Å². The fraction of sp³-hybridized carbons (Fsp3) is 0.824. The first kappa shape index (κ1) is 21.4. The minimum absolute atomic E-state index is 0.0770. The minimum atomic E-state index is -0.632. The number of hydrogen-bond acceptors (Lipinski definition) is 4. The van der Waals surface area contributed by atoms with Gasteiger partial charge < -0.3 is 15.4 Å². The van der Waals surface area contributed by atoms with Crippen molar-refractivity contribution < 1.29 is 19.1 Å². The zero-order chi connectivity index (χ0) is 17.7. The molecular formula is C17H32N2O4. The Kier molecular flexibility index (Phi) is 11.1. The largest absolute Gasteiger partial charge is 0.458 e. The number of carbonyl (C=O) groups excluding carboxylic acids is 3. The van der Waals surface area contributed by atoms with Crippen LogP contribution in [0.25, 0.3) is 0 Å². The van der Waals surface area contributed by atoms with E-state index in [4.69, 9.17) is 4.74 Å². The fourth-order valence-electron chi connectivity index (χ4n) is 2.05. The van der Waals surface area contributed by atoms with Gasteiger partial charge in [-0.2, -0.15) is 0 Å². The maximum Gasteiger partial charge on any atom is 0.329 e. The molecule has 23 heavy (non-hydrogen) atoms. The predicted molar refractivity (Wildman–Crippen MR) is 89.8 cm³/mol. The van der Waals surface area contributed by atoms with Crippen molar-refractivity contribution in [2.75, 3.05) is 6.54 Å². The van der Waals surface area contributed by atoms with Gasteiger partial charge in [-0.25, -0.2) is 4.79 Å². The lowest BCUT2D eigenvalue weighted by atomic mass is 10.1. The van der Waals surface area contributed by atoms with Crippen LogP contribution in [0.3, 0.4) is 0 Å². The molecule has 134 valence electrons. The normalized spacial score (nSPS) is 12.3. The maximum atomic E-state index is 12.0. The average molecular weight is 328 g/mol. The molecule has 0 aliphatic rings. The lowest BCUT2D eigenvalue weighted by molar-refractivity contribution is -0.158. The number of rotatable bonds is 12. The summed E-state index contributed by atoms with van der Waals surface area (Å²) in [6.45, 7) is 8.06. The van der Waals surface area contributed by atoms with E-state index in [2.05, 4.69) is 17.6 Å². The number of amides is 2. The number of hydrogen-bond donors (Lipinski definition) is 2. The quantitative estimate of drug-likeness (QED) is 0.327. The van der Waals surface area contributed by atoms with Gasteiger partial charge in [0, 0.05) is 13.0 Å². The van der Waals surface area contributed by atoms with Crippen LogP contribution >= 0.6 is 0 Å². The predicted octanol–water partition coefficient (Wildman–Crippen LogP) is 2.31. The van der Waals surface area contributed by atoms with E-state index in [9.17, 15) is 14.4 Å². The van der Waals surface area contributed by atoms with E-state index in [0.29, 0.717) is 25.8 Å². The molecule has 2 amide bonds. The Morgan fingerprint density at radius 2 is 1.83 bits per heavy atom. The zero-order valence-corrected chi connectivity index (χ0v) is 14.9. The third-order valence-electron chi connectivity index (χ3n) is 3.21. The third kappa shape index (κ3) is 12.6. The van der Waals surface area contributed by atoms with E-state index >= 15 is 0 Å². The molecule has 0 fully saturated rings. The van der Waals surface area contributed by atoms with Crippen molar-refractivity contribution in [3.63, 3.8) is 0 Å². The van der Waals surface area contributed by atoms with Crippen LogP contribution in [0.4, 0.5) is 0 Å². The molecule has 0 spiro atoms. The zero-order valence-electron chi connectivity index (χ0n) is 14.9. The van der Waals surface area contributed by atoms with Gasteiger partial charge in [0.15, 0.2) is 0 Å². The lowest BCUT2D eigenvalue weighted by Crippen LogP contribution is -2.40. The van der Waals surface area contributed by atoms with Gasteiger partial charge in [-0.05, 0) is 46.5 Å². The first-order chi connectivity index (χ1) is 10.8. The van der Waals surface area contributed by atoms with Crippen molar-refractivity contribution in [2.45, 2.75) is 84.3 Å². The number of ether oxygens (including phenoxy) is 1. The molecule has 0 radical (unpaired) electrons. The van der Waals surface area contributed by atoms with Crippen LogP contribution in [0.15, 0.2) is 0 Å². The Labute approximate surface area is 139 Å². The van der Waals surface area contributed by atoms with Crippen molar-refractivity contribution >= 4 is 18.3 Å². The number of unbranched alkanes of at least 4 members (excludes halogenated alkanes) is 3. The molecule has 0 aromatic heterocycles. The molecule has 0 saturated heterocycles. The van der Waals surface area contributed by atoms with E-state index in [-0.39, 0.29) is 5.91 Å². The number of carbonyl (C=O) groups is 3. The van der Waals surface area contributed by atoms with Crippen LogP contribution in [0, 0.1) is 0 Å². The molecule has 0 aromatic carbocycles. The van der Waals surface area contributed by atoms with Crippen molar-refractivity contribution in [3.05, 3.63) is 0 Å². The molecule has 2 N–H and O–H groups in total. The van der Waals surface area contributed by atoms with E-state index in [1.807, 2.05) is 0 Å². The Morgan fingerprint density at radius 3 is 2.39 bits per heavy atom. The summed E-state index contributed by atoms with van der Waals surface area (Å²) >= 11 is 0. The smallest absolute Gasteiger partial charge is 0.329 e. The summed E-state index contributed by atoms with van der Waals surface area (Å²) in [4.78, 5) is 34.1. The summed E-state index contributed by atoms with van der Waals surface area (Å²) in [5.41, 5.74) is -0.577. The second-order valence-electron chi connectivity index (χ2n) is 6.67. The molecule has 0 bridgehead atoms. The topological polar surface area (TPSA) is 84.5 Å². The van der Waals surface area contributed by atoms with Gasteiger partial charge in [-0.1, -0.05) is 19.8 Å². The Hall–Kier alpha value is -1.59. The van der Waals surface area contributed by atoms with Crippen molar-refractivity contribution in [1.29, 1.82) is 0 Å². The summed E-state index contributed by atoms with van der Waals surface area (Å²) in [7, 11) is 0. The van der Waals surface area contributed by atoms with E-state index in [1.165, 1.54) is 0 Å². The van der Waals surface area contributed by atoms with Gasteiger partial charge in [0.2, 0.25) is 12.3 Å². The van der Waals surface area contributed by atoms with Gasteiger partial charge >= 0.3 is 5.97 Å². The van der Waals surface area contributed by atoms with Crippen molar-refractivity contribution in [2.24, 2.45) is 0 Å². The minimum Gasteiger partial charge on any atom is -0.458 e. The molecular weight excluding hydrogens is 296 g/mol. The molecule has 6 nitrogen and oxygen atoms in total. The van der Waals surface area contributed by atoms with Crippen LogP contribution in [0.5, 0.6) is 0 Å². The van der Waals surface area contributed by atoms with Gasteiger partial charge in [0.1, 0.15) is 11.6 Å². The van der Waals surface area contributed by atoms with Crippen LogP contribution in [-0.2, 0) is 19.1 Å². The SMILES string of the molecule is CCCCCC(=O)NCCCCC(NC=O)C(=O)OC(C)(C)C. The molecule has 1 unspecified atom stereocenters. The van der Waals surface area contributed by atoms with Crippen LogP contribution < -0.4 is 10.6 Å². The highest BCUT2D eigenvalue weighted by Crippen LogP contribution is 2.11. The fourth-order valence-corrected chi connectivity index (χ4v) is 2.05. The van der Waals surface area contributed by atoms with E-state index in [1.54, 1.807) is 20.8 Å².